The predicted molar refractivity (Wildman–Crippen MR) is 133 cm³/mol. The van der Waals surface area contributed by atoms with Gasteiger partial charge in [-0.2, -0.15) is 4.98 Å². The number of methoxy groups -OCH3 is 1. The average molecular weight is 499 g/mol. The lowest BCUT2D eigenvalue weighted by Gasteiger charge is -2.32. The number of carboxylic acid groups (broad SMARTS) is 1. The monoisotopic (exact) mass is 498 g/mol. The van der Waals surface area contributed by atoms with Gasteiger partial charge < -0.3 is 25.0 Å². The number of nitrogens with zero attached hydrogens (tertiary/aromatic N) is 3. The highest BCUT2D eigenvalue weighted by molar-refractivity contribution is 7.15. The summed E-state index contributed by atoms with van der Waals surface area (Å²) < 4.78 is 10.7. The Bertz CT molecular complexity index is 1160. The molecule has 0 unspecified atom stereocenters. The van der Waals surface area contributed by atoms with Gasteiger partial charge in [0.2, 0.25) is 11.8 Å². The van der Waals surface area contributed by atoms with Crippen LogP contribution in [-0.4, -0.2) is 51.5 Å². The number of ether oxygens (including phenoxy) is 2. The Morgan fingerprint density at radius 2 is 2.03 bits per heavy atom. The number of anilines is 2. The average Bonchev–Trinajstić information content (AvgIpc) is 3.34. The number of hydrogen-bond acceptors (Lipinski definition) is 9. The van der Waals surface area contributed by atoms with Gasteiger partial charge in [0.1, 0.15) is 10.6 Å². The Morgan fingerprint density at radius 1 is 1.23 bits per heavy atom. The first kappa shape index (κ1) is 25.0. The van der Waals surface area contributed by atoms with Crippen LogP contribution in [0.2, 0.25) is 0 Å². The number of benzene rings is 1. The van der Waals surface area contributed by atoms with Crippen LogP contribution in [0, 0.1) is 12.8 Å². The fraction of sp³-hybridized carbons (Fsp3) is 0.440. The van der Waals surface area contributed by atoms with Gasteiger partial charge in [0, 0.05) is 44.3 Å². The summed E-state index contributed by atoms with van der Waals surface area (Å²) in [5.41, 5.74) is 1.77. The first-order chi connectivity index (χ1) is 16.9. The minimum absolute atomic E-state index is 0.392. The van der Waals surface area contributed by atoms with Crippen molar-refractivity contribution in [3.63, 3.8) is 0 Å². The molecule has 2 heterocycles. The Labute approximate surface area is 208 Å². The van der Waals surface area contributed by atoms with E-state index in [4.69, 9.17) is 9.47 Å². The third kappa shape index (κ3) is 6.33. The summed E-state index contributed by atoms with van der Waals surface area (Å²) in [6.45, 7) is 3.14. The van der Waals surface area contributed by atoms with Crippen molar-refractivity contribution in [1.82, 2.24) is 15.0 Å². The molecule has 35 heavy (non-hydrogen) atoms. The van der Waals surface area contributed by atoms with Gasteiger partial charge in [0.15, 0.2) is 0 Å². The zero-order valence-corrected chi connectivity index (χ0v) is 20.7. The number of aryl methyl sites for hydroxylation is 1. The van der Waals surface area contributed by atoms with Crippen molar-refractivity contribution in [2.24, 2.45) is 5.92 Å². The van der Waals surface area contributed by atoms with Crippen LogP contribution < -0.4 is 10.1 Å². The molecule has 1 saturated carbocycles. The number of rotatable bonds is 10. The minimum Gasteiger partial charge on any atom is -0.481 e. The van der Waals surface area contributed by atoms with Crippen molar-refractivity contribution < 1.29 is 24.5 Å². The fourth-order valence-electron chi connectivity index (χ4n) is 4.17. The first-order valence-electron chi connectivity index (χ1n) is 11.6. The van der Waals surface area contributed by atoms with Gasteiger partial charge in [-0.15, -0.1) is 11.3 Å². The number of thiazole rings is 1. The summed E-state index contributed by atoms with van der Waals surface area (Å²) in [6, 6.07) is 7.77. The van der Waals surface area contributed by atoms with Crippen molar-refractivity contribution >= 4 is 28.9 Å². The fourth-order valence-corrected chi connectivity index (χ4v) is 5.22. The summed E-state index contributed by atoms with van der Waals surface area (Å²) in [4.78, 5) is 25.4. The number of aliphatic carboxylic acids is 1. The van der Waals surface area contributed by atoms with E-state index < -0.39 is 17.5 Å². The van der Waals surface area contributed by atoms with Gasteiger partial charge in [0.05, 0.1) is 17.4 Å². The van der Waals surface area contributed by atoms with Gasteiger partial charge in [0.25, 0.3) is 0 Å². The van der Waals surface area contributed by atoms with Crippen LogP contribution in [-0.2, 0) is 15.1 Å². The molecule has 186 valence electrons. The standard InChI is InChI=1S/C25H30N4O5S/c1-16-12-18(20-15-27-23(35-20)25(32)7-4-17(5-8-25)22(30)31)14-19(13-16)28-24-26-9-6-21(29-24)34-11-3-10-33-2/h6,9,12-15,17,32H,3-5,7-8,10-11H2,1-2H3,(H,30,31)(H,26,28,29)/t17-,25-. The van der Waals surface area contributed by atoms with E-state index in [1.165, 1.54) is 11.3 Å². The number of aliphatic hydroxyl groups is 1. The molecule has 4 rings (SSSR count). The number of nitrogens with one attached hydrogen (secondary N) is 1. The maximum atomic E-state index is 11.3. The quantitative estimate of drug-likeness (QED) is 0.346. The largest absolute Gasteiger partial charge is 0.481 e. The zero-order chi connectivity index (χ0) is 24.8. The van der Waals surface area contributed by atoms with Crippen LogP contribution in [0.5, 0.6) is 5.88 Å². The molecule has 1 fully saturated rings. The molecule has 1 aliphatic carbocycles. The predicted octanol–water partition coefficient (Wildman–Crippen LogP) is 4.53. The third-order valence-electron chi connectivity index (χ3n) is 6.06. The summed E-state index contributed by atoms with van der Waals surface area (Å²) in [6.07, 6.45) is 5.90. The van der Waals surface area contributed by atoms with E-state index in [1.807, 2.05) is 19.1 Å². The molecular formula is C25H30N4O5S. The molecule has 2 aromatic heterocycles. The molecule has 0 atom stereocenters. The van der Waals surface area contributed by atoms with Crippen LogP contribution in [0.15, 0.2) is 36.7 Å². The molecule has 0 spiro atoms. The molecule has 10 heteroatoms. The number of aromatic nitrogens is 3. The topological polar surface area (TPSA) is 127 Å². The van der Waals surface area contributed by atoms with Gasteiger partial charge in [-0.05, 0) is 55.9 Å². The van der Waals surface area contributed by atoms with E-state index in [1.54, 1.807) is 25.6 Å². The highest BCUT2D eigenvalue weighted by Crippen LogP contribution is 2.43. The molecule has 0 bridgehead atoms. The second-order valence-corrected chi connectivity index (χ2v) is 9.83. The van der Waals surface area contributed by atoms with Gasteiger partial charge in [-0.25, -0.2) is 9.97 Å². The lowest BCUT2D eigenvalue weighted by molar-refractivity contribution is -0.145. The molecule has 3 aromatic rings. The Hall–Kier alpha value is -3.08. The Kier molecular flexibility index (Phi) is 7.94. The molecule has 1 aliphatic rings. The van der Waals surface area contributed by atoms with E-state index in [9.17, 15) is 15.0 Å². The van der Waals surface area contributed by atoms with Crippen LogP contribution in [0.1, 0.15) is 42.7 Å². The molecule has 9 nitrogen and oxygen atoms in total. The molecule has 0 saturated heterocycles. The van der Waals surface area contributed by atoms with Crippen LogP contribution in [0.4, 0.5) is 11.6 Å². The van der Waals surface area contributed by atoms with Gasteiger partial charge in [-0.1, -0.05) is 6.07 Å². The van der Waals surface area contributed by atoms with Crippen molar-refractivity contribution in [3.8, 4) is 16.3 Å². The van der Waals surface area contributed by atoms with E-state index in [2.05, 4.69) is 26.3 Å². The molecule has 1 aromatic carbocycles. The molecule has 3 N–H and O–H groups in total. The maximum Gasteiger partial charge on any atom is 0.306 e. The van der Waals surface area contributed by atoms with Crippen molar-refractivity contribution in [2.75, 3.05) is 25.6 Å². The summed E-state index contributed by atoms with van der Waals surface area (Å²) in [5.74, 6) is -0.264. The zero-order valence-electron chi connectivity index (χ0n) is 19.9. The summed E-state index contributed by atoms with van der Waals surface area (Å²) in [7, 11) is 1.66. The summed E-state index contributed by atoms with van der Waals surface area (Å²) in [5, 5.41) is 24.2. The third-order valence-corrected chi connectivity index (χ3v) is 7.30. The van der Waals surface area contributed by atoms with Crippen LogP contribution >= 0.6 is 11.3 Å². The molecule has 0 radical (unpaired) electrons. The lowest BCUT2D eigenvalue weighted by atomic mass is 9.79. The molecular weight excluding hydrogens is 468 g/mol. The highest BCUT2D eigenvalue weighted by Gasteiger charge is 2.39. The van der Waals surface area contributed by atoms with E-state index >= 15 is 0 Å². The summed E-state index contributed by atoms with van der Waals surface area (Å²) >= 11 is 1.44. The smallest absolute Gasteiger partial charge is 0.306 e. The SMILES string of the molecule is COCCCOc1ccnc(Nc2cc(C)cc(-c3cnc([C@]4(O)CC[C@H](C(=O)O)CC4)s3)c2)n1. The highest BCUT2D eigenvalue weighted by atomic mass is 32.1. The van der Waals surface area contributed by atoms with Crippen molar-refractivity contribution in [3.05, 3.63) is 47.2 Å². The Morgan fingerprint density at radius 3 is 2.77 bits per heavy atom. The number of carbonyl (C=O) groups is 1. The van der Waals surface area contributed by atoms with Crippen molar-refractivity contribution in [2.45, 2.75) is 44.6 Å². The maximum absolute atomic E-state index is 11.3. The number of hydrogen-bond donors (Lipinski definition) is 3. The minimum atomic E-state index is -1.07. The van der Waals surface area contributed by atoms with Crippen LogP contribution in [0.3, 0.4) is 0 Å². The van der Waals surface area contributed by atoms with E-state index in [0.717, 1.165) is 28.1 Å². The molecule has 0 amide bonds. The van der Waals surface area contributed by atoms with E-state index in [-0.39, 0.29) is 0 Å². The number of carboxylic acids is 1. The second-order valence-electron chi connectivity index (χ2n) is 8.80. The second kappa shape index (κ2) is 11.1. The first-order valence-corrected chi connectivity index (χ1v) is 12.4. The molecule has 0 aliphatic heterocycles. The Balaban J connectivity index is 1.47. The lowest BCUT2D eigenvalue weighted by Crippen LogP contribution is -2.33. The van der Waals surface area contributed by atoms with E-state index in [0.29, 0.717) is 55.7 Å². The van der Waals surface area contributed by atoms with Gasteiger partial charge >= 0.3 is 5.97 Å². The van der Waals surface area contributed by atoms with Gasteiger partial charge in [-0.3, -0.25) is 4.79 Å². The normalized spacial score (nSPS) is 19.9. The van der Waals surface area contributed by atoms with Crippen molar-refractivity contribution in [1.29, 1.82) is 0 Å². The van der Waals surface area contributed by atoms with Crippen LogP contribution in [0.25, 0.3) is 10.4 Å².